The number of nitrogens with zero attached hydrogens (tertiary/aromatic N) is 1. The molecule has 6 nitrogen and oxygen atoms in total. The molecule has 148 valence electrons. The molecule has 4 rings (SSSR count). The summed E-state index contributed by atoms with van der Waals surface area (Å²) in [5.74, 6) is 1.22. The molecule has 0 unspecified atom stereocenters. The number of nitrogens with one attached hydrogen (secondary N) is 1. The molecule has 0 spiro atoms. The molecule has 28 heavy (non-hydrogen) atoms. The molecule has 2 aliphatic heterocycles. The van der Waals surface area contributed by atoms with E-state index in [1.807, 2.05) is 30.3 Å². The molecule has 1 N–H and O–H groups in total. The number of benzene rings is 2. The molecule has 0 atom stereocenters. The lowest BCUT2D eigenvalue weighted by Crippen LogP contribution is -2.37. The van der Waals surface area contributed by atoms with E-state index >= 15 is 0 Å². The fourth-order valence-corrected chi connectivity index (χ4v) is 4.09. The minimum absolute atomic E-state index is 0.130. The topological polar surface area (TPSA) is 60.0 Å². The molecule has 0 bridgehead atoms. The number of hydrogen-bond donors (Lipinski definition) is 1. The largest absolute Gasteiger partial charge is 0.486 e. The second-order valence-electron chi connectivity index (χ2n) is 6.55. The fourth-order valence-electron chi connectivity index (χ4n) is 3.33. The van der Waals surface area contributed by atoms with Gasteiger partial charge in [0.2, 0.25) is 5.91 Å². The van der Waals surface area contributed by atoms with E-state index in [9.17, 15) is 4.79 Å². The number of carbonyl (C=O) groups excluding carboxylic acids is 1. The highest BCUT2D eigenvalue weighted by Gasteiger charge is 2.20. The zero-order valence-electron chi connectivity index (χ0n) is 15.2. The Morgan fingerprint density at radius 2 is 1.82 bits per heavy atom. The molecule has 1 saturated heterocycles. The molecule has 0 saturated carbocycles. The third kappa shape index (κ3) is 4.21. The van der Waals surface area contributed by atoms with Gasteiger partial charge in [-0.3, -0.25) is 4.79 Å². The predicted molar refractivity (Wildman–Crippen MR) is 112 cm³/mol. The lowest BCUT2D eigenvalue weighted by Gasteiger charge is -2.31. The van der Waals surface area contributed by atoms with E-state index < -0.39 is 0 Å². The molecule has 8 heteroatoms. The first kappa shape index (κ1) is 19.4. The van der Waals surface area contributed by atoms with Crippen LogP contribution in [-0.4, -0.2) is 45.4 Å². The van der Waals surface area contributed by atoms with Crippen LogP contribution >= 0.6 is 27.5 Å². The van der Waals surface area contributed by atoms with Gasteiger partial charge < -0.3 is 24.4 Å². The molecule has 2 aliphatic rings. The van der Waals surface area contributed by atoms with Crippen LogP contribution in [0.1, 0.15) is 5.56 Å². The number of para-hydroxylation sites is 1. The average Bonchev–Trinajstić information content (AvgIpc) is 2.69. The summed E-state index contributed by atoms with van der Waals surface area (Å²) in [6.07, 6.45) is 0.201. The summed E-state index contributed by atoms with van der Waals surface area (Å²) in [5.41, 5.74) is 2.37. The van der Waals surface area contributed by atoms with E-state index in [1.54, 1.807) is 0 Å². The van der Waals surface area contributed by atoms with E-state index in [4.69, 9.17) is 25.8 Å². The van der Waals surface area contributed by atoms with Crippen molar-refractivity contribution in [2.24, 2.45) is 0 Å². The normalized spacial score (nSPS) is 16.0. The number of rotatable bonds is 4. The minimum Gasteiger partial charge on any atom is -0.486 e. The molecule has 2 heterocycles. The van der Waals surface area contributed by atoms with Gasteiger partial charge in [0, 0.05) is 17.6 Å². The van der Waals surface area contributed by atoms with E-state index in [-0.39, 0.29) is 12.3 Å². The summed E-state index contributed by atoms with van der Waals surface area (Å²) in [4.78, 5) is 14.9. The van der Waals surface area contributed by atoms with Crippen LogP contribution in [0.3, 0.4) is 0 Å². The lowest BCUT2D eigenvalue weighted by atomic mass is 10.1. The van der Waals surface area contributed by atoms with Crippen molar-refractivity contribution in [1.29, 1.82) is 0 Å². The minimum atomic E-state index is -0.130. The summed E-state index contributed by atoms with van der Waals surface area (Å²) < 4.78 is 17.4. The van der Waals surface area contributed by atoms with E-state index in [0.717, 1.165) is 28.8 Å². The number of anilines is 2. The van der Waals surface area contributed by atoms with Crippen molar-refractivity contribution in [3.8, 4) is 11.5 Å². The van der Waals surface area contributed by atoms with Crippen LogP contribution in [0.2, 0.25) is 5.02 Å². The van der Waals surface area contributed by atoms with Gasteiger partial charge in [0.1, 0.15) is 13.2 Å². The summed E-state index contributed by atoms with van der Waals surface area (Å²) in [5, 5.41) is 3.62. The van der Waals surface area contributed by atoms with Gasteiger partial charge in [-0.25, -0.2) is 0 Å². The third-order valence-corrected chi connectivity index (χ3v) is 5.69. The maximum absolute atomic E-state index is 12.8. The van der Waals surface area contributed by atoms with E-state index in [2.05, 4.69) is 26.1 Å². The summed E-state index contributed by atoms with van der Waals surface area (Å²) >= 11 is 9.96. The molecule has 0 aliphatic carbocycles. The molecular weight excluding hydrogens is 448 g/mol. The third-order valence-electron chi connectivity index (χ3n) is 4.65. The van der Waals surface area contributed by atoms with Gasteiger partial charge in [-0.15, -0.1) is 0 Å². The van der Waals surface area contributed by atoms with Gasteiger partial charge in [0.25, 0.3) is 0 Å². The molecular formula is C20H20BrClN2O4. The molecule has 2 aromatic carbocycles. The van der Waals surface area contributed by atoms with Gasteiger partial charge in [-0.05, 0) is 29.8 Å². The van der Waals surface area contributed by atoms with Crippen molar-refractivity contribution in [3.63, 3.8) is 0 Å². The highest BCUT2D eigenvalue weighted by Crippen LogP contribution is 2.37. The van der Waals surface area contributed by atoms with E-state index in [1.165, 1.54) is 0 Å². The SMILES string of the molecule is O=C(Cc1cc2c(cc1Br)OCCO2)Nc1cccc(Cl)c1N1CCOCC1. The second-order valence-corrected chi connectivity index (χ2v) is 7.81. The number of morpholine rings is 1. The fraction of sp³-hybridized carbons (Fsp3) is 0.350. The second kappa shape index (κ2) is 8.59. The van der Waals surface area contributed by atoms with Gasteiger partial charge in [-0.1, -0.05) is 33.6 Å². The van der Waals surface area contributed by atoms with Crippen LogP contribution in [0.4, 0.5) is 11.4 Å². The van der Waals surface area contributed by atoms with Gasteiger partial charge in [-0.2, -0.15) is 0 Å². The van der Waals surface area contributed by atoms with Gasteiger partial charge in [0.15, 0.2) is 11.5 Å². The average molecular weight is 468 g/mol. The molecule has 0 radical (unpaired) electrons. The standard InChI is InChI=1S/C20H20BrClN2O4/c21-14-12-18-17(27-8-9-28-18)10-13(14)11-19(25)23-16-3-1-2-15(22)20(16)24-4-6-26-7-5-24/h1-3,10,12H,4-9,11H2,(H,23,25). The van der Waals surface area contributed by atoms with Crippen molar-refractivity contribution in [3.05, 3.63) is 45.4 Å². The maximum atomic E-state index is 12.8. The first-order valence-corrected chi connectivity index (χ1v) is 10.3. The molecule has 1 amide bonds. The number of fused-ring (bicyclic) bond motifs is 1. The zero-order chi connectivity index (χ0) is 19.5. The van der Waals surface area contributed by atoms with Crippen LogP contribution in [0.15, 0.2) is 34.8 Å². The number of hydrogen-bond acceptors (Lipinski definition) is 5. The Kier molecular flexibility index (Phi) is 5.94. The lowest BCUT2D eigenvalue weighted by molar-refractivity contribution is -0.115. The van der Waals surface area contributed by atoms with Crippen LogP contribution in [0.5, 0.6) is 11.5 Å². The quantitative estimate of drug-likeness (QED) is 0.739. The smallest absolute Gasteiger partial charge is 0.228 e. The first-order chi connectivity index (χ1) is 13.6. The number of amides is 1. The maximum Gasteiger partial charge on any atom is 0.228 e. The highest BCUT2D eigenvalue weighted by atomic mass is 79.9. The predicted octanol–water partition coefficient (Wildman–Crippen LogP) is 3.89. The Bertz CT molecular complexity index is 887. The zero-order valence-corrected chi connectivity index (χ0v) is 17.5. The van der Waals surface area contributed by atoms with Crippen molar-refractivity contribution >= 4 is 44.8 Å². The van der Waals surface area contributed by atoms with Crippen LogP contribution < -0.4 is 19.7 Å². The summed E-state index contributed by atoms with van der Waals surface area (Å²) in [6, 6.07) is 9.23. The highest BCUT2D eigenvalue weighted by molar-refractivity contribution is 9.10. The van der Waals surface area contributed by atoms with Crippen LogP contribution in [-0.2, 0) is 16.0 Å². The molecule has 0 aromatic heterocycles. The Labute approximate surface area is 176 Å². The monoisotopic (exact) mass is 466 g/mol. The van der Waals surface area contributed by atoms with E-state index in [0.29, 0.717) is 48.6 Å². The Morgan fingerprint density at radius 3 is 2.57 bits per heavy atom. The van der Waals surface area contributed by atoms with Gasteiger partial charge >= 0.3 is 0 Å². The van der Waals surface area contributed by atoms with Crippen LogP contribution in [0.25, 0.3) is 0 Å². The van der Waals surface area contributed by atoms with Crippen molar-refractivity contribution in [2.75, 3.05) is 49.7 Å². The first-order valence-electron chi connectivity index (χ1n) is 9.11. The Morgan fingerprint density at radius 1 is 1.11 bits per heavy atom. The van der Waals surface area contributed by atoms with Crippen molar-refractivity contribution in [1.82, 2.24) is 0 Å². The van der Waals surface area contributed by atoms with Gasteiger partial charge in [0.05, 0.1) is 36.0 Å². The molecule has 1 fully saturated rings. The van der Waals surface area contributed by atoms with Crippen molar-refractivity contribution < 1.29 is 19.0 Å². The van der Waals surface area contributed by atoms with Crippen LogP contribution in [0, 0.1) is 0 Å². The molecule has 2 aromatic rings. The Balaban J connectivity index is 1.52. The number of halogens is 2. The van der Waals surface area contributed by atoms with Crippen molar-refractivity contribution in [2.45, 2.75) is 6.42 Å². The number of carbonyl (C=O) groups is 1. The number of ether oxygens (including phenoxy) is 3. The summed E-state index contributed by atoms with van der Waals surface area (Å²) in [7, 11) is 0. The Hall–Kier alpha value is -1.96. The summed E-state index contributed by atoms with van der Waals surface area (Å²) in [6.45, 7) is 3.79.